The summed E-state index contributed by atoms with van der Waals surface area (Å²) in [6, 6.07) is 14.8. The number of nitrogens with zero attached hydrogens (tertiary/aromatic N) is 3. The van der Waals surface area contributed by atoms with Gasteiger partial charge in [0, 0.05) is 29.8 Å². The molecule has 174 valence electrons. The summed E-state index contributed by atoms with van der Waals surface area (Å²) in [7, 11) is 0. The Morgan fingerprint density at radius 3 is 2.09 bits per heavy atom. The Kier molecular flexibility index (Phi) is 6.39. The molecule has 0 aliphatic rings. The quantitative estimate of drug-likeness (QED) is 0.218. The highest BCUT2D eigenvalue weighted by atomic mass is 79.9. The number of aromatic nitrogens is 3. The number of benzene rings is 2. The topological polar surface area (TPSA) is 140 Å². The fourth-order valence-electron chi connectivity index (χ4n) is 4.02. The van der Waals surface area contributed by atoms with Crippen molar-refractivity contribution in [1.29, 1.82) is 10.8 Å². The van der Waals surface area contributed by atoms with Crippen molar-refractivity contribution in [2.45, 2.75) is 32.9 Å². The Morgan fingerprint density at radius 1 is 1.00 bits per heavy atom. The second-order valence-corrected chi connectivity index (χ2v) is 9.40. The maximum Gasteiger partial charge on any atom is 0.277 e. The Bertz CT molecular complexity index is 1480. The summed E-state index contributed by atoms with van der Waals surface area (Å²) in [5.74, 6) is 0.880. The minimum Gasteiger partial charge on any atom is -0.384 e. The van der Waals surface area contributed by atoms with Crippen molar-refractivity contribution in [3.05, 3.63) is 97.6 Å². The first kappa shape index (κ1) is 23.4. The molecule has 0 saturated carbocycles. The third kappa shape index (κ3) is 4.51. The smallest absolute Gasteiger partial charge is 0.277 e. The zero-order chi connectivity index (χ0) is 24.6. The van der Waals surface area contributed by atoms with Crippen LogP contribution < -0.4 is 17.0 Å². The van der Waals surface area contributed by atoms with Crippen LogP contribution in [0.2, 0.25) is 0 Å². The molecule has 34 heavy (non-hydrogen) atoms. The molecule has 0 aliphatic heterocycles. The molecular weight excluding hydrogens is 494 g/mol. The normalized spacial score (nSPS) is 11.3. The number of amidine groups is 2. The number of halogens is 1. The molecule has 8 nitrogen and oxygen atoms in total. The van der Waals surface area contributed by atoms with Crippen molar-refractivity contribution in [1.82, 2.24) is 14.1 Å². The molecule has 0 radical (unpaired) electrons. The molecule has 2 aromatic carbocycles. The number of fused-ring (bicyclic) bond motifs is 1. The Balaban J connectivity index is 1.86. The number of hydrogen-bond donors (Lipinski definition) is 4. The fourth-order valence-corrected chi connectivity index (χ4v) is 4.54. The molecular formula is C25H26BrN7O. The van der Waals surface area contributed by atoms with Crippen LogP contribution in [0, 0.1) is 10.8 Å². The van der Waals surface area contributed by atoms with Gasteiger partial charge in [-0.3, -0.25) is 15.6 Å². The van der Waals surface area contributed by atoms with E-state index in [0.717, 1.165) is 21.4 Å². The summed E-state index contributed by atoms with van der Waals surface area (Å²) in [5.41, 5.74) is 15.3. The standard InChI is InChI=1S/C25H26BrN7O/c1-14(2)24-31-20-19(26)13-32(11-15-5-3-7-17(9-15)22(27)28)25(34)21(20)33(24)12-16-6-4-8-18(10-16)23(29)30/h3-10,13-14H,11-12H2,1-2H3,(H3,27,28)(H3,29,30). The van der Waals surface area contributed by atoms with Gasteiger partial charge in [0.1, 0.15) is 28.5 Å². The number of nitrogen functional groups attached to an aromatic ring is 2. The molecule has 0 spiro atoms. The minimum absolute atomic E-state index is 0.000636. The highest BCUT2D eigenvalue weighted by molar-refractivity contribution is 9.10. The van der Waals surface area contributed by atoms with Crippen LogP contribution in [0.3, 0.4) is 0 Å². The van der Waals surface area contributed by atoms with Crippen LogP contribution in [0.15, 0.2) is 64.0 Å². The van der Waals surface area contributed by atoms with E-state index in [-0.39, 0.29) is 23.1 Å². The van der Waals surface area contributed by atoms with Crippen molar-refractivity contribution in [3.8, 4) is 0 Å². The second-order valence-electron chi connectivity index (χ2n) is 8.55. The lowest BCUT2D eigenvalue weighted by Gasteiger charge is -2.13. The summed E-state index contributed by atoms with van der Waals surface area (Å²) < 4.78 is 4.32. The van der Waals surface area contributed by atoms with Gasteiger partial charge in [-0.05, 0) is 39.2 Å². The van der Waals surface area contributed by atoms with Gasteiger partial charge in [-0.2, -0.15) is 0 Å². The van der Waals surface area contributed by atoms with Gasteiger partial charge < -0.3 is 20.6 Å². The van der Waals surface area contributed by atoms with Crippen molar-refractivity contribution in [3.63, 3.8) is 0 Å². The van der Waals surface area contributed by atoms with E-state index in [1.165, 1.54) is 0 Å². The molecule has 2 heterocycles. The zero-order valence-electron chi connectivity index (χ0n) is 19.0. The Hall–Kier alpha value is -3.72. The number of nitrogens with two attached hydrogens (primary N) is 2. The van der Waals surface area contributed by atoms with Crippen LogP contribution in [-0.4, -0.2) is 25.8 Å². The molecule has 4 rings (SSSR count). The van der Waals surface area contributed by atoms with E-state index in [1.54, 1.807) is 22.9 Å². The number of imidazole rings is 1. The van der Waals surface area contributed by atoms with E-state index in [1.807, 2.05) is 54.8 Å². The van der Waals surface area contributed by atoms with Gasteiger partial charge in [-0.25, -0.2) is 4.98 Å². The monoisotopic (exact) mass is 519 g/mol. The molecule has 0 bridgehead atoms. The molecule has 0 saturated heterocycles. The van der Waals surface area contributed by atoms with E-state index >= 15 is 0 Å². The highest BCUT2D eigenvalue weighted by Gasteiger charge is 2.20. The number of rotatable bonds is 7. The summed E-state index contributed by atoms with van der Waals surface area (Å²) in [6.07, 6.45) is 1.75. The number of nitrogens with one attached hydrogen (secondary N) is 2. The van der Waals surface area contributed by atoms with Gasteiger partial charge >= 0.3 is 0 Å². The highest BCUT2D eigenvalue weighted by Crippen LogP contribution is 2.27. The van der Waals surface area contributed by atoms with Crippen LogP contribution in [0.1, 0.15) is 47.8 Å². The molecule has 0 atom stereocenters. The summed E-state index contributed by atoms with van der Waals surface area (Å²) in [5, 5.41) is 15.4. The molecule has 4 aromatic rings. The lowest BCUT2D eigenvalue weighted by Crippen LogP contribution is -2.23. The lowest BCUT2D eigenvalue weighted by atomic mass is 10.1. The van der Waals surface area contributed by atoms with E-state index in [0.29, 0.717) is 35.2 Å². The number of pyridine rings is 1. The van der Waals surface area contributed by atoms with Gasteiger partial charge in [0.25, 0.3) is 5.56 Å². The Labute approximate surface area is 205 Å². The van der Waals surface area contributed by atoms with E-state index in [4.69, 9.17) is 27.3 Å². The molecule has 0 aliphatic carbocycles. The van der Waals surface area contributed by atoms with Crippen LogP contribution in [-0.2, 0) is 13.1 Å². The first-order valence-electron chi connectivity index (χ1n) is 10.8. The third-order valence-electron chi connectivity index (χ3n) is 5.64. The van der Waals surface area contributed by atoms with Crippen LogP contribution in [0.25, 0.3) is 11.0 Å². The van der Waals surface area contributed by atoms with Gasteiger partial charge in [0.15, 0.2) is 0 Å². The van der Waals surface area contributed by atoms with Gasteiger partial charge in [0.2, 0.25) is 0 Å². The van der Waals surface area contributed by atoms with Gasteiger partial charge in [0.05, 0.1) is 11.0 Å². The van der Waals surface area contributed by atoms with E-state index in [9.17, 15) is 4.79 Å². The second kappa shape index (κ2) is 9.26. The third-order valence-corrected chi connectivity index (χ3v) is 6.22. The van der Waals surface area contributed by atoms with Gasteiger partial charge in [-0.1, -0.05) is 50.2 Å². The molecule has 0 unspecified atom stereocenters. The maximum atomic E-state index is 13.7. The lowest BCUT2D eigenvalue weighted by molar-refractivity contribution is 0.677. The van der Waals surface area contributed by atoms with Crippen LogP contribution in [0.5, 0.6) is 0 Å². The van der Waals surface area contributed by atoms with Crippen molar-refractivity contribution >= 4 is 38.6 Å². The Morgan fingerprint density at radius 2 is 1.56 bits per heavy atom. The largest absolute Gasteiger partial charge is 0.384 e. The zero-order valence-corrected chi connectivity index (χ0v) is 20.6. The summed E-state index contributed by atoms with van der Waals surface area (Å²) in [6.45, 7) is 4.85. The van der Waals surface area contributed by atoms with Crippen molar-refractivity contribution in [2.75, 3.05) is 0 Å². The molecule has 0 amide bonds. The summed E-state index contributed by atoms with van der Waals surface area (Å²) >= 11 is 3.61. The summed E-state index contributed by atoms with van der Waals surface area (Å²) in [4.78, 5) is 18.5. The molecule has 6 N–H and O–H groups in total. The van der Waals surface area contributed by atoms with Crippen molar-refractivity contribution < 1.29 is 0 Å². The SMILES string of the molecule is CC(C)c1nc2c(Br)cn(Cc3cccc(C(=N)N)c3)c(=O)c2n1Cc1cccc(C(=N)N)c1. The number of hydrogen-bond acceptors (Lipinski definition) is 4. The van der Waals surface area contributed by atoms with E-state index < -0.39 is 0 Å². The molecule has 0 fully saturated rings. The fraction of sp³-hybridized carbons (Fsp3) is 0.200. The predicted octanol–water partition coefficient (Wildman–Crippen LogP) is 3.75. The average molecular weight is 520 g/mol. The van der Waals surface area contributed by atoms with Crippen molar-refractivity contribution in [2.24, 2.45) is 11.5 Å². The van der Waals surface area contributed by atoms with E-state index in [2.05, 4.69) is 15.9 Å². The predicted molar refractivity (Wildman–Crippen MR) is 139 cm³/mol. The first-order chi connectivity index (χ1) is 16.2. The minimum atomic E-state index is -0.159. The molecule has 2 aromatic heterocycles. The maximum absolute atomic E-state index is 13.7. The molecule has 9 heteroatoms. The first-order valence-corrected chi connectivity index (χ1v) is 11.6. The van der Waals surface area contributed by atoms with Crippen LogP contribution >= 0.6 is 15.9 Å². The average Bonchev–Trinajstić information content (AvgIpc) is 3.18. The van der Waals surface area contributed by atoms with Crippen LogP contribution in [0.4, 0.5) is 0 Å². The van der Waals surface area contributed by atoms with Gasteiger partial charge in [-0.15, -0.1) is 0 Å².